The van der Waals surface area contributed by atoms with Crippen molar-refractivity contribution in [3.05, 3.63) is 33.9 Å². The summed E-state index contributed by atoms with van der Waals surface area (Å²) in [5.74, 6) is 6.00. The predicted molar refractivity (Wildman–Crippen MR) is 80.8 cm³/mol. The molecule has 1 aliphatic rings. The highest BCUT2D eigenvalue weighted by Crippen LogP contribution is 2.23. The lowest BCUT2D eigenvalue weighted by molar-refractivity contribution is -0.384. The average molecular weight is 294 g/mol. The molecule has 1 aliphatic heterocycles. The number of ether oxygens (including phenoxy) is 1. The van der Waals surface area contributed by atoms with Gasteiger partial charge in [-0.05, 0) is 37.4 Å². The Hall–Kier alpha value is -1.70. The third-order valence-corrected chi connectivity index (χ3v) is 3.72. The van der Waals surface area contributed by atoms with Gasteiger partial charge in [0, 0.05) is 31.8 Å². The van der Waals surface area contributed by atoms with E-state index in [1.807, 2.05) is 7.05 Å². The van der Waals surface area contributed by atoms with Crippen LogP contribution in [0.1, 0.15) is 18.4 Å². The van der Waals surface area contributed by atoms with E-state index < -0.39 is 4.92 Å². The molecule has 0 saturated carbocycles. The maximum atomic E-state index is 10.9. The summed E-state index contributed by atoms with van der Waals surface area (Å²) >= 11 is 0. The smallest absolute Gasteiger partial charge is 0.269 e. The largest absolute Gasteiger partial charge is 0.381 e. The minimum atomic E-state index is -0.390. The number of hydrogen-bond acceptors (Lipinski definition) is 6. The predicted octanol–water partition coefficient (Wildman–Crippen LogP) is 1.74. The van der Waals surface area contributed by atoms with E-state index in [9.17, 15) is 10.1 Å². The summed E-state index contributed by atoms with van der Waals surface area (Å²) in [7, 11) is 2.01. The van der Waals surface area contributed by atoms with E-state index in [2.05, 4.69) is 10.3 Å². The van der Waals surface area contributed by atoms with Crippen LogP contribution >= 0.6 is 0 Å². The van der Waals surface area contributed by atoms with Crippen LogP contribution in [0.2, 0.25) is 0 Å². The van der Waals surface area contributed by atoms with Crippen molar-refractivity contribution in [3.8, 4) is 0 Å². The Labute approximate surface area is 124 Å². The molecule has 1 aromatic rings. The Morgan fingerprint density at radius 3 is 3.00 bits per heavy atom. The Morgan fingerprint density at radius 1 is 1.57 bits per heavy atom. The third kappa shape index (κ3) is 4.38. The van der Waals surface area contributed by atoms with E-state index in [4.69, 9.17) is 10.6 Å². The van der Waals surface area contributed by atoms with Crippen LogP contribution in [0.15, 0.2) is 18.2 Å². The van der Waals surface area contributed by atoms with Gasteiger partial charge in [0.05, 0.1) is 17.2 Å². The topological polar surface area (TPSA) is 93.7 Å². The maximum Gasteiger partial charge on any atom is 0.269 e. The Morgan fingerprint density at radius 2 is 2.38 bits per heavy atom. The van der Waals surface area contributed by atoms with Gasteiger partial charge in [-0.15, -0.1) is 0 Å². The van der Waals surface area contributed by atoms with Gasteiger partial charge in [-0.3, -0.25) is 16.0 Å². The second-order valence-corrected chi connectivity index (χ2v) is 5.52. The molecular weight excluding hydrogens is 272 g/mol. The second kappa shape index (κ2) is 7.35. The quantitative estimate of drug-likeness (QED) is 0.471. The van der Waals surface area contributed by atoms with Crippen molar-refractivity contribution in [2.45, 2.75) is 19.4 Å². The molecule has 1 fully saturated rings. The van der Waals surface area contributed by atoms with Crippen LogP contribution in [-0.2, 0) is 11.3 Å². The van der Waals surface area contributed by atoms with Gasteiger partial charge < -0.3 is 15.1 Å². The van der Waals surface area contributed by atoms with Crippen LogP contribution in [-0.4, -0.2) is 36.6 Å². The first-order valence-corrected chi connectivity index (χ1v) is 7.10. The first kappa shape index (κ1) is 15.7. The molecule has 1 aromatic carbocycles. The molecule has 1 unspecified atom stereocenters. The lowest BCUT2D eigenvalue weighted by Crippen LogP contribution is -2.31. The highest BCUT2D eigenvalue weighted by molar-refractivity contribution is 5.55. The lowest BCUT2D eigenvalue weighted by Gasteiger charge is -2.27. The van der Waals surface area contributed by atoms with Gasteiger partial charge in [-0.1, -0.05) is 0 Å². The standard InChI is InChI=1S/C14H22N4O3/c1-17(8-11-3-2-6-21-10-11)9-12-7-13(18(19)20)4-5-14(12)16-15/h4-5,7,11,16H,2-3,6,8-10,15H2,1H3. The number of nitro groups is 1. The second-order valence-electron chi connectivity index (χ2n) is 5.52. The number of benzene rings is 1. The van der Waals surface area contributed by atoms with Gasteiger partial charge >= 0.3 is 0 Å². The number of nitrogen functional groups attached to an aromatic ring is 1. The number of nitro benzene ring substituents is 1. The average Bonchev–Trinajstić information content (AvgIpc) is 2.48. The van der Waals surface area contributed by atoms with Gasteiger partial charge in [0.15, 0.2) is 0 Å². The minimum Gasteiger partial charge on any atom is -0.381 e. The fourth-order valence-corrected chi connectivity index (χ4v) is 2.71. The molecule has 1 saturated heterocycles. The summed E-state index contributed by atoms with van der Waals surface area (Å²) in [4.78, 5) is 12.6. The number of nitrogens with zero attached hydrogens (tertiary/aromatic N) is 2. The zero-order valence-electron chi connectivity index (χ0n) is 12.2. The monoisotopic (exact) mass is 294 g/mol. The normalized spacial score (nSPS) is 18.7. The third-order valence-electron chi connectivity index (χ3n) is 3.72. The SMILES string of the molecule is CN(Cc1cc([N+](=O)[O-])ccc1NN)CC1CCCOC1. The van der Waals surface area contributed by atoms with E-state index in [-0.39, 0.29) is 5.69 Å². The number of hydrazine groups is 1. The van der Waals surface area contributed by atoms with Crippen molar-refractivity contribution in [2.24, 2.45) is 11.8 Å². The van der Waals surface area contributed by atoms with Gasteiger partial charge in [0.2, 0.25) is 0 Å². The van der Waals surface area contributed by atoms with Crippen molar-refractivity contribution < 1.29 is 9.66 Å². The molecule has 116 valence electrons. The molecule has 1 heterocycles. The van der Waals surface area contributed by atoms with E-state index in [0.29, 0.717) is 18.2 Å². The molecule has 3 N–H and O–H groups in total. The zero-order chi connectivity index (χ0) is 15.2. The number of nitrogens with two attached hydrogens (primary N) is 1. The molecule has 0 bridgehead atoms. The number of rotatable bonds is 6. The first-order valence-electron chi connectivity index (χ1n) is 7.10. The molecule has 0 radical (unpaired) electrons. The summed E-state index contributed by atoms with van der Waals surface area (Å²) in [6.07, 6.45) is 2.27. The van der Waals surface area contributed by atoms with E-state index in [0.717, 1.165) is 31.7 Å². The van der Waals surface area contributed by atoms with Crippen molar-refractivity contribution in [1.82, 2.24) is 4.90 Å². The molecule has 0 amide bonds. The Kier molecular flexibility index (Phi) is 5.49. The van der Waals surface area contributed by atoms with E-state index in [1.165, 1.54) is 12.5 Å². The number of non-ortho nitro benzene ring substituents is 1. The lowest BCUT2D eigenvalue weighted by atomic mass is 10.0. The van der Waals surface area contributed by atoms with Crippen LogP contribution in [0.25, 0.3) is 0 Å². The molecule has 1 atom stereocenters. The molecular formula is C14H22N4O3. The van der Waals surface area contributed by atoms with E-state index >= 15 is 0 Å². The van der Waals surface area contributed by atoms with Crippen LogP contribution in [0.4, 0.5) is 11.4 Å². The molecule has 0 aliphatic carbocycles. The maximum absolute atomic E-state index is 10.9. The summed E-state index contributed by atoms with van der Waals surface area (Å²) < 4.78 is 5.48. The van der Waals surface area contributed by atoms with E-state index in [1.54, 1.807) is 12.1 Å². The van der Waals surface area contributed by atoms with Gasteiger partial charge in [-0.25, -0.2) is 0 Å². The number of nitrogens with one attached hydrogen (secondary N) is 1. The summed E-state index contributed by atoms with van der Waals surface area (Å²) in [5, 5.41) is 10.9. The van der Waals surface area contributed by atoms with Gasteiger partial charge in [0.25, 0.3) is 5.69 Å². The summed E-state index contributed by atoms with van der Waals surface area (Å²) in [5.41, 5.74) is 4.22. The van der Waals surface area contributed by atoms with Crippen molar-refractivity contribution >= 4 is 11.4 Å². The van der Waals surface area contributed by atoms with Crippen LogP contribution in [0, 0.1) is 16.0 Å². The van der Waals surface area contributed by atoms with Crippen LogP contribution < -0.4 is 11.3 Å². The molecule has 7 heteroatoms. The van der Waals surface area contributed by atoms with Gasteiger partial charge in [0.1, 0.15) is 0 Å². The number of anilines is 1. The zero-order valence-corrected chi connectivity index (χ0v) is 12.2. The highest BCUT2D eigenvalue weighted by Gasteiger charge is 2.17. The molecule has 0 aromatic heterocycles. The molecule has 0 spiro atoms. The summed E-state index contributed by atoms with van der Waals surface area (Å²) in [6, 6.07) is 4.67. The first-order chi connectivity index (χ1) is 10.1. The minimum absolute atomic E-state index is 0.0819. The molecule has 2 rings (SSSR count). The Bertz CT molecular complexity index is 489. The summed E-state index contributed by atoms with van der Waals surface area (Å²) in [6.45, 7) is 3.16. The Balaban J connectivity index is 2.02. The molecule has 7 nitrogen and oxygen atoms in total. The van der Waals surface area contributed by atoms with Crippen molar-refractivity contribution in [3.63, 3.8) is 0 Å². The fraction of sp³-hybridized carbons (Fsp3) is 0.571. The van der Waals surface area contributed by atoms with Crippen molar-refractivity contribution in [2.75, 3.05) is 32.2 Å². The van der Waals surface area contributed by atoms with Crippen LogP contribution in [0.3, 0.4) is 0 Å². The number of hydrogen-bond donors (Lipinski definition) is 2. The van der Waals surface area contributed by atoms with Gasteiger partial charge in [-0.2, -0.15) is 0 Å². The highest BCUT2D eigenvalue weighted by atomic mass is 16.6. The fourth-order valence-electron chi connectivity index (χ4n) is 2.71. The molecule has 21 heavy (non-hydrogen) atoms. The van der Waals surface area contributed by atoms with Crippen LogP contribution in [0.5, 0.6) is 0 Å². The van der Waals surface area contributed by atoms with Crippen molar-refractivity contribution in [1.29, 1.82) is 0 Å².